The molecule has 0 unspecified atom stereocenters. The first-order valence-corrected chi connectivity index (χ1v) is 4.58. The maximum Gasteiger partial charge on any atom is 0.320 e. The number of aliphatic carboxylic acids is 1. The van der Waals surface area contributed by atoms with Gasteiger partial charge in [0.15, 0.2) is 0 Å². The molecule has 0 aliphatic carbocycles. The summed E-state index contributed by atoms with van der Waals surface area (Å²) in [4.78, 5) is 21.4. The van der Waals surface area contributed by atoms with Crippen molar-refractivity contribution in [3.63, 3.8) is 0 Å². The van der Waals surface area contributed by atoms with Crippen LogP contribution in [0.5, 0.6) is 0 Å². The van der Waals surface area contributed by atoms with Gasteiger partial charge in [-0.15, -0.1) is 0 Å². The standard InChI is InChI=1S/C9H17NO3/c1-2-3-4-5-7(11)6-8(10)9(12)13/h8H,2-6,10H2,1H3,(H,12,13)/t8-/m0/s1. The van der Waals surface area contributed by atoms with Gasteiger partial charge in [0.2, 0.25) is 0 Å². The summed E-state index contributed by atoms with van der Waals surface area (Å²) in [6, 6.07) is -1.03. The quantitative estimate of drug-likeness (QED) is 0.581. The summed E-state index contributed by atoms with van der Waals surface area (Å²) in [6.07, 6.45) is 3.31. The molecule has 0 aromatic carbocycles. The predicted octanol–water partition coefficient (Wildman–Crippen LogP) is 0.938. The molecule has 0 aromatic heterocycles. The molecule has 0 rings (SSSR count). The van der Waals surface area contributed by atoms with Gasteiger partial charge >= 0.3 is 5.97 Å². The van der Waals surface area contributed by atoms with E-state index in [9.17, 15) is 9.59 Å². The lowest BCUT2D eigenvalue weighted by atomic mass is 10.1. The molecule has 4 heteroatoms. The summed E-state index contributed by atoms with van der Waals surface area (Å²) in [5.74, 6) is -1.16. The van der Waals surface area contributed by atoms with Crippen LogP contribution in [0.25, 0.3) is 0 Å². The fourth-order valence-corrected chi connectivity index (χ4v) is 1.01. The molecule has 0 aliphatic rings. The highest BCUT2D eigenvalue weighted by Gasteiger charge is 2.15. The van der Waals surface area contributed by atoms with Gasteiger partial charge in [-0.05, 0) is 6.42 Å². The molecular weight excluding hydrogens is 170 g/mol. The molecule has 0 aromatic rings. The molecule has 0 saturated carbocycles. The minimum absolute atomic E-state index is 0.0426. The second-order valence-electron chi connectivity index (χ2n) is 3.14. The molecule has 0 saturated heterocycles. The van der Waals surface area contributed by atoms with Crippen LogP contribution in [-0.4, -0.2) is 22.9 Å². The number of unbranched alkanes of at least 4 members (excludes halogenated alkanes) is 2. The minimum Gasteiger partial charge on any atom is -0.480 e. The predicted molar refractivity (Wildman–Crippen MR) is 49.4 cm³/mol. The molecule has 0 heterocycles. The third-order valence-electron chi connectivity index (χ3n) is 1.82. The number of rotatable bonds is 7. The molecule has 0 amide bonds. The Labute approximate surface area is 78.1 Å². The number of carbonyl (C=O) groups excluding carboxylic acids is 1. The van der Waals surface area contributed by atoms with Crippen LogP contribution in [0.2, 0.25) is 0 Å². The van der Waals surface area contributed by atoms with Crippen LogP contribution in [0, 0.1) is 0 Å². The number of carbonyl (C=O) groups is 2. The van der Waals surface area contributed by atoms with E-state index in [4.69, 9.17) is 10.8 Å². The highest BCUT2D eigenvalue weighted by atomic mass is 16.4. The minimum atomic E-state index is -1.11. The molecule has 0 fully saturated rings. The number of hydrogen-bond donors (Lipinski definition) is 2. The molecule has 0 radical (unpaired) electrons. The van der Waals surface area contributed by atoms with E-state index < -0.39 is 12.0 Å². The maximum atomic E-state index is 11.1. The maximum absolute atomic E-state index is 11.1. The van der Waals surface area contributed by atoms with Crippen LogP contribution in [0.15, 0.2) is 0 Å². The van der Waals surface area contributed by atoms with E-state index in [1.807, 2.05) is 6.92 Å². The van der Waals surface area contributed by atoms with Gasteiger partial charge in [-0.1, -0.05) is 19.8 Å². The van der Waals surface area contributed by atoms with E-state index in [2.05, 4.69) is 0 Å². The summed E-state index contributed by atoms with van der Waals surface area (Å²) >= 11 is 0. The first kappa shape index (κ1) is 12.1. The lowest BCUT2D eigenvalue weighted by Crippen LogP contribution is -2.32. The lowest BCUT2D eigenvalue weighted by molar-refractivity contribution is -0.140. The lowest BCUT2D eigenvalue weighted by Gasteiger charge is -2.04. The van der Waals surface area contributed by atoms with Gasteiger partial charge in [-0.3, -0.25) is 9.59 Å². The average molecular weight is 187 g/mol. The normalized spacial score (nSPS) is 12.5. The molecule has 3 N–H and O–H groups in total. The Hall–Kier alpha value is -0.900. The third kappa shape index (κ3) is 6.28. The summed E-state index contributed by atoms with van der Waals surface area (Å²) in [5, 5.41) is 8.43. The molecule has 76 valence electrons. The fourth-order valence-electron chi connectivity index (χ4n) is 1.01. The van der Waals surface area contributed by atoms with Crippen molar-refractivity contribution in [2.45, 2.75) is 45.1 Å². The van der Waals surface area contributed by atoms with Gasteiger partial charge in [-0.2, -0.15) is 0 Å². The molecule has 0 bridgehead atoms. The Morgan fingerprint density at radius 2 is 2.00 bits per heavy atom. The first-order valence-electron chi connectivity index (χ1n) is 4.58. The van der Waals surface area contributed by atoms with E-state index >= 15 is 0 Å². The van der Waals surface area contributed by atoms with E-state index in [0.717, 1.165) is 19.3 Å². The van der Waals surface area contributed by atoms with Crippen LogP contribution in [0.1, 0.15) is 39.0 Å². The van der Waals surface area contributed by atoms with Crippen LogP contribution in [0.3, 0.4) is 0 Å². The molecule has 13 heavy (non-hydrogen) atoms. The second kappa shape index (κ2) is 6.60. The fraction of sp³-hybridized carbons (Fsp3) is 0.778. The van der Waals surface area contributed by atoms with Crippen molar-refractivity contribution in [3.8, 4) is 0 Å². The zero-order chi connectivity index (χ0) is 10.3. The topological polar surface area (TPSA) is 80.4 Å². The van der Waals surface area contributed by atoms with E-state index in [1.54, 1.807) is 0 Å². The highest BCUT2D eigenvalue weighted by molar-refractivity contribution is 5.85. The van der Waals surface area contributed by atoms with Crippen LogP contribution < -0.4 is 5.73 Å². The van der Waals surface area contributed by atoms with Gasteiger partial charge in [0.1, 0.15) is 11.8 Å². The zero-order valence-electron chi connectivity index (χ0n) is 7.95. The number of hydrogen-bond acceptors (Lipinski definition) is 3. The summed E-state index contributed by atoms with van der Waals surface area (Å²) in [7, 11) is 0. The Balaban J connectivity index is 3.56. The van der Waals surface area contributed by atoms with Gasteiger partial charge < -0.3 is 10.8 Å². The van der Waals surface area contributed by atoms with Gasteiger partial charge in [0.05, 0.1) is 0 Å². The molecule has 1 atom stereocenters. The van der Waals surface area contributed by atoms with Crippen molar-refractivity contribution in [2.24, 2.45) is 5.73 Å². The monoisotopic (exact) mass is 187 g/mol. The molecular formula is C9H17NO3. The van der Waals surface area contributed by atoms with Crippen LogP contribution in [0.4, 0.5) is 0 Å². The second-order valence-corrected chi connectivity index (χ2v) is 3.14. The van der Waals surface area contributed by atoms with Crippen molar-refractivity contribution in [1.29, 1.82) is 0 Å². The van der Waals surface area contributed by atoms with Crippen LogP contribution in [-0.2, 0) is 9.59 Å². The van der Waals surface area contributed by atoms with E-state index in [-0.39, 0.29) is 12.2 Å². The van der Waals surface area contributed by atoms with Gasteiger partial charge in [-0.25, -0.2) is 0 Å². The third-order valence-corrected chi connectivity index (χ3v) is 1.82. The number of nitrogens with two attached hydrogens (primary N) is 1. The number of ketones is 1. The Kier molecular flexibility index (Phi) is 6.14. The van der Waals surface area contributed by atoms with Crippen molar-refractivity contribution < 1.29 is 14.7 Å². The number of Topliss-reactive ketones (excluding diaryl/α,β-unsaturated/α-hetero) is 1. The van der Waals surface area contributed by atoms with Crippen molar-refractivity contribution >= 4 is 11.8 Å². The number of carboxylic acids is 1. The number of carboxylic acid groups (broad SMARTS) is 1. The average Bonchev–Trinajstić information content (AvgIpc) is 2.04. The van der Waals surface area contributed by atoms with Crippen LogP contribution >= 0.6 is 0 Å². The summed E-state index contributed by atoms with van der Waals surface area (Å²) < 4.78 is 0. The van der Waals surface area contributed by atoms with E-state index in [0.29, 0.717) is 6.42 Å². The highest BCUT2D eigenvalue weighted by Crippen LogP contribution is 2.03. The molecule has 4 nitrogen and oxygen atoms in total. The van der Waals surface area contributed by atoms with E-state index in [1.165, 1.54) is 0 Å². The molecule has 0 aliphatic heterocycles. The van der Waals surface area contributed by atoms with Crippen molar-refractivity contribution in [2.75, 3.05) is 0 Å². The Morgan fingerprint density at radius 1 is 1.38 bits per heavy atom. The largest absolute Gasteiger partial charge is 0.480 e. The van der Waals surface area contributed by atoms with Crippen molar-refractivity contribution in [3.05, 3.63) is 0 Å². The molecule has 0 spiro atoms. The first-order chi connectivity index (χ1) is 6.07. The van der Waals surface area contributed by atoms with Gasteiger partial charge in [0, 0.05) is 12.8 Å². The van der Waals surface area contributed by atoms with Gasteiger partial charge in [0.25, 0.3) is 0 Å². The Morgan fingerprint density at radius 3 is 2.46 bits per heavy atom. The zero-order valence-corrected chi connectivity index (χ0v) is 7.95. The summed E-state index contributed by atoms with van der Waals surface area (Å²) in [5.41, 5.74) is 5.20. The Bertz CT molecular complexity index is 180. The summed E-state index contributed by atoms with van der Waals surface area (Å²) in [6.45, 7) is 2.05. The van der Waals surface area contributed by atoms with Crippen molar-refractivity contribution in [1.82, 2.24) is 0 Å². The smallest absolute Gasteiger partial charge is 0.320 e. The SMILES string of the molecule is CCCCCC(=O)C[C@H](N)C(=O)O.